The van der Waals surface area contributed by atoms with Crippen molar-refractivity contribution in [3.63, 3.8) is 0 Å². The highest BCUT2D eigenvalue weighted by Gasteiger charge is 2.16. The summed E-state index contributed by atoms with van der Waals surface area (Å²) in [5.74, 6) is -0.0256. The Morgan fingerprint density at radius 1 is 1.30 bits per heavy atom. The average Bonchev–Trinajstić information content (AvgIpc) is 3.05. The van der Waals surface area contributed by atoms with Crippen LogP contribution in [0, 0.1) is 0 Å². The zero-order valence-electron chi connectivity index (χ0n) is 14.7. The fourth-order valence-corrected chi connectivity index (χ4v) is 2.80. The zero-order valence-corrected chi connectivity index (χ0v) is 16.2. The van der Waals surface area contributed by atoms with Crippen molar-refractivity contribution in [1.29, 1.82) is 0 Å². The van der Waals surface area contributed by atoms with Crippen molar-refractivity contribution in [3.05, 3.63) is 52.5 Å². The standard InChI is InChI=1S/C18H17Cl2N5O2/c1-11(10-25-16-6-4-3-5-15(16)22-24-25)21-23-18(26)12(2)27-17-8-7-13(19)9-14(17)20/h3-9,12H,10H2,1-2H3,(H,23,26). The topological polar surface area (TPSA) is 81.4 Å². The van der Waals surface area contributed by atoms with Gasteiger partial charge in [-0.3, -0.25) is 4.79 Å². The molecule has 1 N–H and O–H groups in total. The van der Waals surface area contributed by atoms with Crippen LogP contribution in [0.25, 0.3) is 11.0 Å². The van der Waals surface area contributed by atoms with E-state index in [-0.39, 0.29) is 0 Å². The van der Waals surface area contributed by atoms with Gasteiger partial charge in [-0.25, -0.2) is 10.1 Å². The maximum Gasteiger partial charge on any atom is 0.280 e. The number of nitrogens with one attached hydrogen (secondary N) is 1. The summed E-state index contributed by atoms with van der Waals surface area (Å²) in [6, 6.07) is 12.4. The molecular weight excluding hydrogens is 389 g/mol. The molecule has 27 heavy (non-hydrogen) atoms. The minimum atomic E-state index is -0.785. The lowest BCUT2D eigenvalue weighted by Crippen LogP contribution is -2.34. The zero-order chi connectivity index (χ0) is 19.4. The number of rotatable bonds is 6. The van der Waals surface area contributed by atoms with Crippen LogP contribution in [0.2, 0.25) is 10.0 Å². The van der Waals surface area contributed by atoms with Gasteiger partial charge < -0.3 is 4.74 Å². The van der Waals surface area contributed by atoms with E-state index in [1.807, 2.05) is 24.3 Å². The summed E-state index contributed by atoms with van der Waals surface area (Å²) in [4.78, 5) is 12.2. The van der Waals surface area contributed by atoms with E-state index in [9.17, 15) is 4.79 Å². The highest BCUT2D eigenvalue weighted by atomic mass is 35.5. The Morgan fingerprint density at radius 2 is 2.07 bits per heavy atom. The lowest BCUT2D eigenvalue weighted by molar-refractivity contribution is -0.127. The largest absolute Gasteiger partial charge is 0.479 e. The number of para-hydroxylation sites is 1. The van der Waals surface area contributed by atoms with Crippen LogP contribution in [-0.2, 0) is 11.3 Å². The molecule has 1 aromatic heterocycles. The second-order valence-corrected chi connectivity index (χ2v) is 6.74. The van der Waals surface area contributed by atoms with E-state index >= 15 is 0 Å². The quantitative estimate of drug-likeness (QED) is 0.500. The lowest BCUT2D eigenvalue weighted by atomic mass is 10.3. The molecule has 0 saturated carbocycles. The van der Waals surface area contributed by atoms with Gasteiger partial charge in [-0.05, 0) is 44.2 Å². The normalized spacial score (nSPS) is 12.8. The molecule has 0 bridgehead atoms. The Balaban J connectivity index is 1.59. The summed E-state index contributed by atoms with van der Waals surface area (Å²) in [6.45, 7) is 3.80. The number of benzene rings is 2. The van der Waals surface area contributed by atoms with Gasteiger partial charge >= 0.3 is 0 Å². The van der Waals surface area contributed by atoms with Crippen LogP contribution in [0.1, 0.15) is 13.8 Å². The molecule has 0 aliphatic carbocycles. The maximum absolute atomic E-state index is 12.2. The molecule has 0 aliphatic rings. The summed E-state index contributed by atoms with van der Waals surface area (Å²) in [7, 11) is 0. The monoisotopic (exact) mass is 405 g/mol. The molecule has 0 radical (unpaired) electrons. The van der Waals surface area contributed by atoms with E-state index in [1.165, 1.54) is 0 Å². The van der Waals surface area contributed by atoms with Crippen molar-refractivity contribution >= 4 is 45.9 Å². The second kappa shape index (κ2) is 8.37. The Labute approximate surface area is 165 Å². The van der Waals surface area contributed by atoms with Gasteiger partial charge in [0.15, 0.2) is 6.10 Å². The highest BCUT2D eigenvalue weighted by Crippen LogP contribution is 2.28. The first kappa shape index (κ1) is 19.1. The molecule has 1 heterocycles. The fourth-order valence-electron chi connectivity index (χ4n) is 2.34. The number of hydrogen-bond donors (Lipinski definition) is 1. The number of amides is 1. The minimum absolute atomic E-state index is 0.333. The van der Waals surface area contributed by atoms with Crippen molar-refractivity contribution in [2.45, 2.75) is 26.5 Å². The SMILES string of the molecule is CC(Cn1nnc2ccccc21)=NNC(=O)C(C)Oc1ccc(Cl)cc1Cl. The Morgan fingerprint density at radius 3 is 2.85 bits per heavy atom. The molecule has 7 nitrogen and oxygen atoms in total. The molecular formula is C18H17Cl2N5O2. The number of fused-ring (bicyclic) bond motifs is 1. The highest BCUT2D eigenvalue weighted by molar-refractivity contribution is 6.35. The molecule has 0 spiro atoms. The van der Waals surface area contributed by atoms with Gasteiger partial charge in [-0.1, -0.05) is 40.5 Å². The van der Waals surface area contributed by atoms with Crippen LogP contribution >= 0.6 is 23.2 Å². The predicted octanol–water partition coefficient (Wildman–Crippen LogP) is 3.70. The first-order valence-corrected chi connectivity index (χ1v) is 8.92. The minimum Gasteiger partial charge on any atom is -0.479 e. The molecule has 0 saturated heterocycles. The van der Waals surface area contributed by atoms with Crippen LogP contribution in [0.5, 0.6) is 5.75 Å². The molecule has 1 atom stereocenters. The third-order valence-electron chi connectivity index (χ3n) is 3.72. The van der Waals surface area contributed by atoms with Crippen LogP contribution in [0.3, 0.4) is 0 Å². The van der Waals surface area contributed by atoms with E-state index in [1.54, 1.807) is 36.7 Å². The van der Waals surface area contributed by atoms with Gasteiger partial charge in [-0.15, -0.1) is 5.10 Å². The molecule has 2 aromatic carbocycles. The summed E-state index contributed by atoms with van der Waals surface area (Å²) in [5.41, 5.74) is 4.85. The van der Waals surface area contributed by atoms with Gasteiger partial charge in [0.2, 0.25) is 0 Å². The molecule has 1 unspecified atom stereocenters. The van der Waals surface area contributed by atoms with Crippen molar-refractivity contribution in [1.82, 2.24) is 20.4 Å². The number of carbonyl (C=O) groups is 1. The first-order chi connectivity index (χ1) is 12.9. The number of ether oxygens (including phenoxy) is 1. The number of halogens is 2. The van der Waals surface area contributed by atoms with Crippen LogP contribution in [0.15, 0.2) is 47.6 Å². The smallest absolute Gasteiger partial charge is 0.280 e. The molecule has 9 heteroatoms. The Hall–Kier alpha value is -2.64. The number of hydrazone groups is 1. The molecule has 1 amide bonds. The van der Waals surface area contributed by atoms with Crippen LogP contribution < -0.4 is 10.2 Å². The van der Waals surface area contributed by atoms with E-state index in [0.717, 1.165) is 11.0 Å². The van der Waals surface area contributed by atoms with Crippen molar-refractivity contribution in [2.75, 3.05) is 0 Å². The van der Waals surface area contributed by atoms with E-state index in [4.69, 9.17) is 27.9 Å². The molecule has 0 aliphatic heterocycles. The van der Waals surface area contributed by atoms with Gasteiger partial charge in [0.1, 0.15) is 11.3 Å². The lowest BCUT2D eigenvalue weighted by Gasteiger charge is -2.14. The molecule has 0 fully saturated rings. The fraction of sp³-hybridized carbons (Fsp3) is 0.222. The van der Waals surface area contributed by atoms with Crippen molar-refractivity contribution in [3.8, 4) is 5.75 Å². The number of aromatic nitrogens is 3. The number of nitrogens with zero attached hydrogens (tertiary/aromatic N) is 4. The Bertz CT molecular complexity index is 1000. The summed E-state index contributed by atoms with van der Waals surface area (Å²) in [5, 5.41) is 13.1. The van der Waals surface area contributed by atoms with Gasteiger partial charge in [0.05, 0.1) is 22.8 Å². The first-order valence-electron chi connectivity index (χ1n) is 8.17. The average molecular weight is 406 g/mol. The number of carbonyl (C=O) groups excluding carboxylic acids is 1. The molecule has 3 rings (SSSR count). The third-order valence-corrected chi connectivity index (χ3v) is 4.25. The van der Waals surface area contributed by atoms with Gasteiger partial charge in [-0.2, -0.15) is 5.10 Å². The van der Waals surface area contributed by atoms with Crippen molar-refractivity contribution < 1.29 is 9.53 Å². The summed E-state index contributed by atoms with van der Waals surface area (Å²) >= 11 is 11.9. The number of hydrogen-bond acceptors (Lipinski definition) is 5. The van der Waals surface area contributed by atoms with Gasteiger partial charge in [0.25, 0.3) is 5.91 Å². The van der Waals surface area contributed by atoms with E-state index in [2.05, 4.69) is 20.8 Å². The summed E-state index contributed by atoms with van der Waals surface area (Å²) in [6.07, 6.45) is -0.785. The maximum atomic E-state index is 12.2. The summed E-state index contributed by atoms with van der Waals surface area (Å²) < 4.78 is 7.27. The predicted molar refractivity (Wildman–Crippen MR) is 105 cm³/mol. The second-order valence-electron chi connectivity index (χ2n) is 5.89. The third kappa shape index (κ3) is 4.75. The van der Waals surface area contributed by atoms with E-state index < -0.39 is 12.0 Å². The molecule has 3 aromatic rings. The molecule has 140 valence electrons. The van der Waals surface area contributed by atoms with Crippen molar-refractivity contribution in [2.24, 2.45) is 5.10 Å². The van der Waals surface area contributed by atoms with Crippen LogP contribution in [-0.4, -0.2) is 32.7 Å². The van der Waals surface area contributed by atoms with Gasteiger partial charge in [0, 0.05) is 5.02 Å². The Kier molecular flexibility index (Phi) is 5.93. The van der Waals surface area contributed by atoms with Crippen LogP contribution in [0.4, 0.5) is 0 Å². The van der Waals surface area contributed by atoms with E-state index in [0.29, 0.717) is 28.1 Å².